The molecular formula is C11H11F2NO3S. The number of rotatable bonds is 4. The molecular weight excluding hydrogens is 264 g/mol. The largest absolute Gasteiger partial charge is 0.273 e. The van der Waals surface area contributed by atoms with E-state index in [1.54, 1.807) is 0 Å². The van der Waals surface area contributed by atoms with E-state index in [9.17, 15) is 22.0 Å². The average Bonchev–Trinajstić information content (AvgIpc) is 2.32. The molecule has 0 bridgehead atoms. The van der Waals surface area contributed by atoms with Crippen molar-refractivity contribution in [3.05, 3.63) is 47.4 Å². The van der Waals surface area contributed by atoms with Crippen molar-refractivity contribution >= 4 is 15.9 Å². The first kappa shape index (κ1) is 14.3. The van der Waals surface area contributed by atoms with Crippen molar-refractivity contribution in [3.8, 4) is 0 Å². The zero-order chi connectivity index (χ0) is 13.9. The molecule has 98 valence electrons. The highest BCUT2D eigenvalue weighted by Gasteiger charge is 2.22. The summed E-state index contributed by atoms with van der Waals surface area (Å²) >= 11 is 0. The Balaban J connectivity index is 2.99. The topological polar surface area (TPSA) is 54.5 Å². The minimum atomic E-state index is -3.94. The van der Waals surface area contributed by atoms with Crippen LogP contribution in [0.1, 0.15) is 5.56 Å². The van der Waals surface area contributed by atoms with Crippen molar-refractivity contribution in [2.24, 2.45) is 0 Å². The lowest BCUT2D eigenvalue weighted by Gasteiger charge is -2.15. The molecule has 0 aliphatic rings. The normalized spacial score (nSPS) is 11.1. The maximum atomic E-state index is 13.3. The summed E-state index contributed by atoms with van der Waals surface area (Å²) in [5.74, 6) is -2.74. The highest BCUT2D eigenvalue weighted by molar-refractivity contribution is 7.92. The zero-order valence-corrected chi connectivity index (χ0v) is 10.4. The second-order valence-electron chi connectivity index (χ2n) is 3.45. The van der Waals surface area contributed by atoms with E-state index in [0.717, 1.165) is 25.2 Å². The molecule has 1 amide bonds. The van der Waals surface area contributed by atoms with Gasteiger partial charge in [0.25, 0.3) is 10.0 Å². The number of carbonyl (C=O) groups excluding carboxylic acids is 1. The van der Waals surface area contributed by atoms with Gasteiger partial charge in [-0.2, -0.15) is 0 Å². The van der Waals surface area contributed by atoms with Gasteiger partial charge >= 0.3 is 0 Å². The lowest BCUT2D eigenvalue weighted by atomic mass is 10.1. The van der Waals surface area contributed by atoms with Crippen LogP contribution in [0.3, 0.4) is 0 Å². The molecule has 18 heavy (non-hydrogen) atoms. The Kier molecular flexibility index (Phi) is 4.18. The second-order valence-corrected chi connectivity index (χ2v) is 5.36. The number of hydrogen-bond donors (Lipinski definition) is 0. The summed E-state index contributed by atoms with van der Waals surface area (Å²) < 4.78 is 49.5. The minimum Gasteiger partial charge on any atom is -0.273 e. The number of nitrogens with zero attached hydrogens (tertiary/aromatic N) is 1. The monoisotopic (exact) mass is 275 g/mol. The summed E-state index contributed by atoms with van der Waals surface area (Å²) in [7, 11) is -2.94. The molecule has 0 radical (unpaired) electrons. The summed E-state index contributed by atoms with van der Waals surface area (Å²) in [6.45, 7) is 3.05. The molecule has 1 aromatic rings. The molecule has 0 saturated carbocycles. The average molecular weight is 275 g/mol. The molecule has 0 spiro atoms. The van der Waals surface area contributed by atoms with Crippen molar-refractivity contribution in [3.63, 3.8) is 0 Å². The van der Waals surface area contributed by atoms with E-state index in [4.69, 9.17) is 0 Å². The van der Waals surface area contributed by atoms with Crippen LogP contribution in [0, 0.1) is 11.6 Å². The SMILES string of the molecule is C=CS(=O)(=O)N(C)C(=O)Cc1c(F)cccc1F. The van der Waals surface area contributed by atoms with Crippen LogP contribution in [0.4, 0.5) is 8.78 Å². The van der Waals surface area contributed by atoms with E-state index >= 15 is 0 Å². The number of benzene rings is 1. The predicted molar refractivity (Wildman–Crippen MR) is 61.9 cm³/mol. The highest BCUT2D eigenvalue weighted by atomic mass is 32.2. The zero-order valence-electron chi connectivity index (χ0n) is 9.56. The van der Waals surface area contributed by atoms with Crippen molar-refractivity contribution in [1.82, 2.24) is 4.31 Å². The fourth-order valence-electron chi connectivity index (χ4n) is 1.22. The Morgan fingerprint density at radius 2 is 1.89 bits per heavy atom. The molecule has 0 aromatic heterocycles. The molecule has 0 aliphatic carbocycles. The van der Waals surface area contributed by atoms with E-state index in [0.29, 0.717) is 9.71 Å². The maximum Gasteiger partial charge on any atom is 0.258 e. The van der Waals surface area contributed by atoms with Gasteiger partial charge in [-0.1, -0.05) is 12.6 Å². The van der Waals surface area contributed by atoms with Crippen LogP contribution in [0.2, 0.25) is 0 Å². The number of carbonyl (C=O) groups is 1. The Hall–Kier alpha value is -1.76. The standard InChI is InChI=1S/C11H11F2NO3S/c1-3-18(16,17)14(2)11(15)7-8-9(12)5-4-6-10(8)13/h3-6H,1,7H2,2H3. The van der Waals surface area contributed by atoms with Crippen molar-refractivity contribution in [2.75, 3.05) is 7.05 Å². The third-order valence-electron chi connectivity index (χ3n) is 2.33. The summed E-state index contributed by atoms with van der Waals surface area (Å²) in [5, 5.41) is 0.586. The number of sulfonamides is 1. The van der Waals surface area contributed by atoms with Gasteiger partial charge in [0, 0.05) is 18.0 Å². The lowest BCUT2D eigenvalue weighted by molar-refractivity contribution is -0.125. The van der Waals surface area contributed by atoms with Crippen LogP contribution in [0.25, 0.3) is 0 Å². The van der Waals surface area contributed by atoms with Crippen molar-refractivity contribution in [1.29, 1.82) is 0 Å². The summed E-state index contributed by atoms with van der Waals surface area (Å²) in [5.41, 5.74) is -0.464. The van der Waals surface area contributed by atoms with Gasteiger partial charge in [-0.15, -0.1) is 0 Å². The quantitative estimate of drug-likeness (QED) is 0.835. The first-order chi connectivity index (χ1) is 8.29. The summed E-state index contributed by atoms with van der Waals surface area (Å²) in [6.07, 6.45) is -0.678. The van der Waals surface area contributed by atoms with Gasteiger partial charge in [0.1, 0.15) is 11.6 Å². The van der Waals surface area contributed by atoms with E-state index in [-0.39, 0.29) is 0 Å². The highest BCUT2D eigenvalue weighted by Crippen LogP contribution is 2.14. The third-order valence-corrected chi connectivity index (χ3v) is 3.72. The van der Waals surface area contributed by atoms with Gasteiger partial charge in [-0.05, 0) is 12.1 Å². The van der Waals surface area contributed by atoms with Gasteiger partial charge in [0.05, 0.1) is 6.42 Å². The maximum absolute atomic E-state index is 13.3. The molecule has 0 unspecified atom stereocenters. The van der Waals surface area contributed by atoms with E-state index in [1.807, 2.05) is 0 Å². The molecule has 0 atom stereocenters. The molecule has 0 saturated heterocycles. The molecule has 0 heterocycles. The summed E-state index contributed by atoms with van der Waals surface area (Å²) in [4.78, 5) is 11.6. The molecule has 1 rings (SSSR count). The van der Waals surface area contributed by atoms with Gasteiger partial charge in [0.15, 0.2) is 0 Å². The van der Waals surface area contributed by atoms with E-state index < -0.39 is 39.5 Å². The lowest BCUT2D eigenvalue weighted by Crippen LogP contribution is -2.33. The number of halogens is 2. The first-order valence-corrected chi connectivity index (χ1v) is 6.37. The third kappa shape index (κ3) is 2.92. The van der Waals surface area contributed by atoms with Gasteiger partial charge in [-0.3, -0.25) is 4.79 Å². The molecule has 0 aliphatic heterocycles. The number of likely N-dealkylation sites (N-methyl/N-ethyl adjacent to an activating group) is 1. The minimum absolute atomic E-state index is 0.395. The smallest absolute Gasteiger partial charge is 0.258 e. The van der Waals surface area contributed by atoms with E-state index in [1.165, 1.54) is 0 Å². The fourth-order valence-corrected chi connectivity index (χ4v) is 1.79. The van der Waals surface area contributed by atoms with E-state index in [2.05, 4.69) is 6.58 Å². The molecule has 0 fully saturated rings. The molecule has 7 heteroatoms. The second kappa shape index (κ2) is 5.26. The van der Waals surface area contributed by atoms with Crippen LogP contribution >= 0.6 is 0 Å². The van der Waals surface area contributed by atoms with Crippen LogP contribution in [-0.4, -0.2) is 25.7 Å². The Morgan fingerprint density at radius 1 is 1.39 bits per heavy atom. The van der Waals surface area contributed by atoms with Crippen LogP contribution in [0.5, 0.6) is 0 Å². The van der Waals surface area contributed by atoms with Crippen LogP contribution in [0.15, 0.2) is 30.2 Å². The first-order valence-electron chi connectivity index (χ1n) is 4.86. The van der Waals surface area contributed by atoms with Gasteiger partial charge in [0.2, 0.25) is 5.91 Å². The predicted octanol–water partition coefficient (Wildman–Crippen LogP) is 1.44. The van der Waals surface area contributed by atoms with Gasteiger partial charge < -0.3 is 0 Å². The molecule has 4 nitrogen and oxygen atoms in total. The van der Waals surface area contributed by atoms with Crippen LogP contribution in [-0.2, 0) is 21.2 Å². The molecule has 0 N–H and O–H groups in total. The Bertz CT molecular complexity index is 564. The number of hydrogen-bond acceptors (Lipinski definition) is 3. The number of amides is 1. The molecule has 1 aromatic carbocycles. The summed E-state index contributed by atoms with van der Waals surface area (Å²) in [6, 6.07) is 3.14. The van der Waals surface area contributed by atoms with Crippen LogP contribution < -0.4 is 0 Å². The Morgan fingerprint density at radius 3 is 2.33 bits per heavy atom. The van der Waals surface area contributed by atoms with Gasteiger partial charge in [-0.25, -0.2) is 21.5 Å². The fraction of sp³-hybridized carbons (Fsp3) is 0.182. The van der Waals surface area contributed by atoms with Crippen molar-refractivity contribution < 1.29 is 22.0 Å². The van der Waals surface area contributed by atoms with Crippen molar-refractivity contribution in [2.45, 2.75) is 6.42 Å². The Labute approximate surface area is 104 Å².